The lowest BCUT2D eigenvalue weighted by molar-refractivity contribution is -0.146. The van der Waals surface area contributed by atoms with E-state index in [4.69, 9.17) is 4.74 Å². The summed E-state index contributed by atoms with van der Waals surface area (Å²) < 4.78 is 5.19. The molecule has 92 valence electrons. The van der Waals surface area contributed by atoms with Crippen LogP contribution < -0.4 is 0 Å². The summed E-state index contributed by atoms with van der Waals surface area (Å²) in [6, 6.07) is 9.88. The summed E-state index contributed by atoms with van der Waals surface area (Å²) in [5, 5.41) is 9.55. The number of carbonyl (C=O) groups excluding carboxylic acids is 1. The molecule has 1 aliphatic rings. The first kappa shape index (κ1) is 12.1. The number of carbonyl (C=O) groups is 1. The normalized spacial score (nSPS) is 30.1. The predicted octanol–water partition coefficient (Wildman–Crippen LogP) is 2.10. The first-order valence-corrected chi connectivity index (χ1v) is 5.94. The molecule has 1 N–H and O–H groups in total. The standard InChI is InChI=1S/C14H18O3/c1-10(15)8-14(2)12(9-17-13(14)16)11-6-4-3-5-7-11/h3-7,10,12,15H,8-9H2,1-2H3. The molecule has 3 atom stereocenters. The number of rotatable bonds is 3. The number of hydrogen-bond donors (Lipinski definition) is 1. The molecule has 1 aromatic carbocycles. The summed E-state index contributed by atoms with van der Waals surface area (Å²) in [7, 11) is 0. The van der Waals surface area contributed by atoms with Crippen molar-refractivity contribution in [3.63, 3.8) is 0 Å². The van der Waals surface area contributed by atoms with Gasteiger partial charge in [-0.1, -0.05) is 30.3 Å². The number of esters is 1. The maximum atomic E-state index is 11.9. The molecule has 3 unspecified atom stereocenters. The van der Waals surface area contributed by atoms with E-state index in [1.807, 2.05) is 37.3 Å². The van der Waals surface area contributed by atoms with Gasteiger partial charge in [0.25, 0.3) is 0 Å². The van der Waals surface area contributed by atoms with Crippen molar-refractivity contribution in [1.82, 2.24) is 0 Å². The third-order valence-electron chi connectivity index (χ3n) is 3.54. The van der Waals surface area contributed by atoms with Crippen molar-refractivity contribution in [2.45, 2.75) is 32.3 Å². The van der Waals surface area contributed by atoms with Crippen LogP contribution in [-0.4, -0.2) is 23.8 Å². The highest BCUT2D eigenvalue weighted by molar-refractivity contribution is 5.80. The fraction of sp³-hybridized carbons (Fsp3) is 0.500. The lowest BCUT2D eigenvalue weighted by Gasteiger charge is -2.28. The van der Waals surface area contributed by atoms with Crippen LogP contribution in [0.2, 0.25) is 0 Å². The Kier molecular flexibility index (Phi) is 3.20. The SMILES string of the molecule is CC(O)CC1(C)C(=O)OCC1c1ccccc1. The summed E-state index contributed by atoms with van der Waals surface area (Å²) in [4.78, 5) is 11.9. The van der Waals surface area contributed by atoms with Crippen molar-refractivity contribution in [2.75, 3.05) is 6.61 Å². The molecule has 0 spiro atoms. The van der Waals surface area contributed by atoms with E-state index in [0.29, 0.717) is 13.0 Å². The van der Waals surface area contributed by atoms with Crippen LogP contribution in [0.15, 0.2) is 30.3 Å². The second-order valence-electron chi connectivity index (χ2n) is 5.03. The van der Waals surface area contributed by atoms with Crippen LogP contribution in [0.3, 0.4) is 0 Å². The zero-order valence-electron chi connectivity index (χ0n) is 10.2. The van der Waals surface area contributed by atoms with Crippen molar-refractivity contribution in [3.05, 3.63) is 35.9 Å². The number of benzene rings is 1. The second kappa shape index (κ2) is 4.49. The Morgan fingerprint density at radius 2 is 2.12 bits per heavy atom. The highest BCUT2D eigenvalue weighted by Crippen LogP contribution is 2.45. The van der Waals surface area contributed by atoms with Gasteiger partial charge in [0.15, 0.2) is 0 Å². The van der Waals surface area contributed by atoms with Gasteiger partial charge in [-0.15, -0.1) is 0 Å². The molecule has 3 nitrogen and oxygen atoms in total. The first-order chi connectivity index (χ1) is 8.04. The molecule has 0 aliphatic carbocycles. The van der Waals surface area contributed by atoms with Crippen molar-refractivity contribution in [3.8, 4) is 0 Å². The van der Waals surface area contributed by atoms with E-state index in [1.54, 1.807) is 6.92 Å². The van der Waals surface area contributed by atoms with Crippen LogP contribution in [0.4, 0.5) is 0 Å². The lowest BCUT2D eigenvalue weighted by Crippen LogP contribution is -2.32. The van der Waals surface area contributed by atoms with E-state index in [-0.39, 0.29) is 11.9 Å². The van der Waals surface area contributed by atoms with E-state index in [0.717, 1.165) is 5.56 Å². The van der Waals surface area contributed by atoms with Crippen LogP contribution in [0.5, 0.6) is 0 Å². The summed E-state index contributed by atoms with van der Waals surface area (Å²) in [6.07, 6.45) is -0.0670. The minimum atomic E-state index is -0.616. The number of aliphatic hydroxyl groups excluding tert-OH is 1. The van der Waals surface area contributed by atoms with Crippen molar-refractivity contribution in [1.29, 1.82) is 0 Å². The molecular formula is C14H18O3. The van der Waals surface area contributed by atoms with Crippen LogP contribution >= 0.6 is 0 Å². The summed E-state index contributed by atoms with van der Waals surface area (Å²) in [5.41, 5.74) is 0.483. The Morgan fingerprint density at radius 1 is 1.47 bits per heavy atom. The Bertz CT molecular complexity index is 399. The Labute approximate surface area is 101 Å². The molecule has 3 heteroatoms. The van der Waals surface area contributed by atoms with Gasteiger partial charge in [0.1, 0.15) is 0 Å². The zero-order valence-corrected chi connectivity index (χ0v) is 10.2. The molecule has 1 saturated heterocycles. The molecule has 1 heterocycles. The smallest absolute Gasteiger partial charge is 0.312 e. The van der Waals surface area contributed by atoms with Crippen LogP contribution in [0.1, 0.15) is 31.7 Å². The first-order valence-electron chi connectivity index (χ1n) is 5.94. The molecule has 0 amide bonds. The molecule has 0 aromatic heterocycles. The molecule has 0 radical (unpaired) electrons. The number of aliphatic hydroxyl groups is 1. The van der Waals surface area contributed by atoms with Gasteiger partial charge in [-0.05, 0) is 25.8 Å². The lowest BCUT2D eigenvalue weighted by atomic mass is 9.72. The molecule has 1 fully saturated rings. The van der Waals surface area contributed by atoms with Crippen molar-refractivity contribution >= 4 is 5.97 Å². The average Bonchev–Trinajstić information content (AvgIpc) is 2.56. The van der Waals surface area contributed by atoms with E-state index >= 15 is 0 Å². The van der Waals surface area contributed by atoms with Gasteiger partial charge in [-0.2, -0.15) is 0 Å². The summed E-state index contributed by atoms with van der Waals surface area (Å²) in [5.74, 6) is -0.168. The maximum absolute atomic E-state index is 11.9. The Hall–Kier alpha value is -1.35. The summed E-state index contributed by atoms with van der Waals surface area (Å²) in [6.45, 7) is 4.00. The van der Waals surface area contributed by atoms with Gasteiger partial charge < -0.3 is 9.84 Å². The molecule has 1 aliphatic heterocycles. The topological polar surface area (TPSA) is 46.5 Å². The number of cyclic esters (lactones) is 1. The molecule has 0 saturated carbocycles. The van der Waals surface area contributed by atoms with E-state index in [9.17, 15) is 9.90 Å². The van der Waals surface area contributed by atoms with E-state index < -0.39 is 11.5 Å². The van der Waals surface area contributed by atoms with Gasteiger partial charge in [0.2, 0.25) is 0 Å². The minimum absolute atomic E-state index is 0.0331. The molecular weight excluding hydrogens is 216 g/mol. The van der Waals surface area contributed by atoms with E-state index in [2.05, 4.69) is 0 Å². The van der Waals surface area contributed by atoms with Gasteiger partial charge in [0, 0.05) is 5.92 Å². The fourth-order valence-corrected chi connectivity index (χ4v) is 2.64. The highest BCUT2D eigenvalue weighted by atomic mass is 16.5. The molecule has 17 heavy (non-hydrogen) atoms. The van der Waals surface area contributed by atoms with Gasteiger partial charge >= 0.3 is 5.97 Å². The fourth-order valence-electron chi connectivity index (χ4n) is 2.64. The average molecular weight is 234 g/mol. The Balaban J connectivity index is 2.31. The van der Waals surface area contributed by atoms with Crippen molar-refractivity contribution in [2.24, 2.45) is 5.41 Å². The highest BCUT2D eigenvalue weighted by Gasteiger charge is 2.49. The van der Waals surface area contributed by atoms with Crippen LogP contribution in [-0.2, 0) is 9.53 Å². The second-order valence-corrected chi connectivity index (χ2v) is 5.03. The molecule has 2 rings (SSSR count). The molecule has 1 aromatic rings. The zero-order chi connectivity index (χ0) is 12.5. The minimum Gasteiger partial charge on any atom is -0.465 e. The largest absolute Gasteiger partial charge is 0.465 e. The molecule has 0 bridgehead atoms. The summed E-state index contributed by atoms with van der Waals surface area (Å²) >= 11 is 0. The van der Waals surface area contributed by atoms with Gasteiger partial charge in [0.05, 0.1) is 18.1 Å². The third-order valence-corrected chi connectivity index (χ3v) is 3.54. The van der Waals surface area contributed by atoms with Gasteiger partial charge in [-0.25, -0.2) is 0 Å². The number of ether oxygens (including phenoxy) is 1. The Morgan fingerprint density at radius 3 is 2.71 bits per heavy atom. The van der Waals surface area contributed by atoms with Crippen LogP contribution in [0, 0.1) is 5.41 Å². The maximum Gasteiger partial charge on any atom is 0.312 e. The van der Waals surface area contributed by atoms with Crippen molar-refractivity contribution < 1.29 is 14.6 Å². The monoisotopic (exact) mass is 234 g/mol. The number of hydrogen-bond acceptors (Lipinski definition) is 3. The quantitative estimate of drug-likeness (QED) is 0.815. The van der Waals surface area contributed by atoms with Gasteiger partial charge in [-0.3, -0.25) is 4.79 Å². The van der Waals surface area contributed by atoms with Crippen LogP contribution in [0.25, 0.3) is 0 Å². The van der Waals surface area contributed by atoms with E-state index in [1.165, 1.54) is 0 Å². The predicted molar refractivity (Wildman–Crippen MR) is 64.5 cm³/mol. The third kappa shape index (κ3) is 2.20.